The van der Waals surface area contributed by atoms with Gasteiger partial charge in [0, 0.05) is 12.3 Å². The zero-order chi connectivity index (χ0) is 9.23. The summed E-state index contributed by atoms with van der Waals surface area (Å²) in [6.45, 7) is 2.28. The molecule has 0 aliphatic heterocycles. The SMILES string of the molecule is CCOC(=O)CCC/C=C\CCl. The maximum absolute atomic E-state index is 10.8. The van der Waals surface area contributed by atoms with Crippen LogP contribution in [0.15, 0.2) is 12.2 Å². The van der Waals surface area contributed by atoms with E-state index in [0.717, 1.165) is 12.8 Å². The fourth-order valence-corrected chi connectivity index (χ4v) is 0.904. The summed E-state index contributed by atoms with van der Waals surface area (Å²) in [5, 5.41) is 0. The summed E-state index contributed by atoms with van der Waals surface area (Å²) >= 11 is 5.41. The molecule has 0 aromatic rings. The molecule has 0 heterocycles. The molecule has 0 radical (unpaired) electrons. The first-order valence-electron chi connectivity index (χ1n) is 4.17. The van der Waals surface area contributed by atoms with Gasteiger partial charge in [-0.05, 0) is 19.8 Å². The first-order valence-corrected chi connectivity index (χ1v) is 4.71. The lowest BCUT2D eigenvalue weighted by Gasteiger charge is -1.98. The summed E-state index contributed by atoms with van der Waals surface area (Å²) < 4.78 is 4.76. The fourth-order valence-electron chi connectivity index (χ4n) is 0.778. The third kappa shape index (κ3) is 7.61. The molecule has 0 saturated heterocycles. The monoisotopic (exact) mass is 190 g/mol. The lowest BCUT2D eigenvalue weighted by atomic mass is 10.2. The van der Waals surface area contributed by atoms with E-state index in [2.05, 4.69) is 0 Å². The van der Waals surface area contributed by atoms with Crippen LogP contribution >= 0.6 is 11.6 Å². The van der Waals surface area contributed by atoms with Gasteiger partial charge in [0.15, 0.2) is 0 Å². The van der Waals surface area contributed by atoms with Crippen LogP contribution in [-0.4, -0.2) is 18.5 Å². The molecule has 0 amide bonds. The number of alkyl halides is 1. The summed E-state index contributed by atoms with van der Waals surface area (Å²) in [5.74, 6) is 0.427. The minimum atomic E-state index is -0.114. The van der Waals surface area contributed by atoms with Gasteiger partial charge in [-0.25, -0.2) is 0 Å². The number of hydrogen-bond acceptors (Lipinski definition) is 2. The van der Waals surface area contributed by atoms with Gasteiger partial charge in [-0.2, -0.15) is 0 Å². The Morgan fingerprint density at radius 2 is 2.25 bits per heavy atom. The number of ether oxygens (including phenoxy) is 1. The van der Waals surface area contributed by atoms with Crippen molar-refractivity contribution in [3.63, 3.8) is 0 Å². The van der Waals surface area contributed by atoms with Crippen LogP contribution in [0.5, 0.6) is 0 Å². The van der Waals surface area contributed by atoms with E-state index in [-0.39, 0.29) is 5.97 Å². The molecular weight excluding hydrogens is 176 g/mol. The maximum Gasteiger partial charge on any atom is 0.305 e. The number of carbonyl (C=O) groups is 1. The topological polar surface area (TPSA) is 26.3 Å². The molecule has 0 rings (SSSR count). The summed E-state index contributed by atoms with van der Waals surface area (Å²) in [5.41, 5.74) is 0. The number of allylic oxidation sites excluding steroid dienone is 2. The van der Waals surface area contributed by atoms with Crippen LogP contribution in [0.4, 0.5) is 0 Å². The number of esters is 1. The number of hydrogen-bond donors (Lipinski definition) is 0. The summed E-state index contributed by atoms with van der Waals surface area (Å²) in [6.07, 6.45) is 6.09. The quantitative estimate of drug-likeness (QED) is 0.279. The van der Waals surface area contributed by atoms with Gasteiger partial charge in [0.05, 0.1) is 6.61 Å². The van der Waals surface area contributed by atoms with E-state index in [0.29, 0.717) is 18.9 Å². The molecule has 0 aromatic heterocycles. The predicted molar refractivity (Wildman–Crippen MR) is 50.3 cm³/mol. The molecule has 0 aliphatic carbocycles. The fraction of sp³-hybridized carbons (Fsp3) is 0.667. The second kappa shape index (κ2) is 8.60. The van der Waals surface area contributed by atoms with E-state index in [4.69, 9.17) is 16.3 Å². The van der Waals surface area contributed by atoms with E-state index in [1.54, 1.807) is 0 Å². The highest BCUT2D eigenvalue weighted by Gasteiger charge is 1.98. The Bertz CT molecular complexity index is 143. The highest BCUT2D eigenvalue weighted by molar-refractivity contribution is 6.18. The summed E-state index contributed by atoms with van der Waals surface area (Å²) in [4.78, 5) is 10.8. The van der Waals surface area contributed by atoms with Crippen LogP contribution in [0.2, 0.25) is 0 Å². The van der Waals surface area contributed by atoms with Gasteiger partial charge in [0.1, 0.15) is 0 Å². The first kappa shape index (κ1) is 11.5. The predicted octanol–water partition coefficient (Wildman–Crippen LogP) is 2.51. The molecule has 0 aliphatic rings. The van der Waals surface area contributed by atoms with Crippen molar-refractivity contribution >= 4 is 17.6 Å². The number of unbranched alkanes of at least 4 members (excludes halogenated alkanes) is 1. The lowest BCUT2D eigenvalue weighted by molar-refractivity contribution is -0.143. The minimum absolute atomic E-state index is 0.114. The molecule has 0 spiro atoms. The Morgan fingerprint density at radius 3 is 2.83 bits per heavy atom. The molecule has 12 heavy (non-hydrogen) atoms. The average Bonchev–Trinajstić information content (AvgIpc) is 2.05. The van der Waals surface area contributed by atoms with Crippen molar-refractivity contribution in [3.8, 4) is 0 Å². The van der Waals surface area contributed by atoms with Gasteiger partial charge in [-0.15, -0.1) is 11.6 Å². The van der Waals surface area contributed by atoms with Crippen LogP contribution in [0.25, 0.3) is 0 Å². The van der Waals surface area contributed by atoms with Crippen molar-refractivity contribution in [1.82, 2.24) is 0 Å². The van der Waals surface area contributed by atoms with Gasteiger partial charge < -0.3 is 4.74 Å². The van der Waals surface area contributed by atoms with Crippen LogP contribution in [0.3, 0.4) is 0 Å². The Kier molecular flexibility index (Phi) is 8.24. The normalized spacial score (nSPS) is 10.5. The minimum Gasteiger partial charge on any atom is -0.466 e. The molecule has 0 saturated carbocycles. The molecule has 2 nitrogen and oxygen atoms in total. The highest BCUT2D eigenvalue weighted by Crippen LogP contribution is 1.98. The molecule has 0 unspecified atom stereocenters. The van der Waals surface area contributed by atoms with E-state index in [1.165, 1.54) is 0 Å². The van der Waals surface area contributed by atoms with E-state index in [1.807, 2.05) is 19.1 Å². The average molecular weight is 191 g/mol. The zero-order valence-electron chi connectivity index (χ0n) is 7.38. The summed E-state index contributed by atoms with van der Waals surface area (Å²) in [7, 11) is 0. The van der Waals surface area contributed by atoms with Crippen molar-refractivity contribution in [2.45, 2.75) is 26.2 Å². The molecule has 0 N–H and O–H groups in total. The standard InChI is InChI=1S/C9H15ClO2/c1-2-12-9(11)7-5-3-4-6-8-10/h4,6H,2-3,5,7-8H2,1H3/b6-4-. The van der Waals surface area contributed by atoms with Gasteiger partial charge >= 0.3 is 5.97 Å². The lowest BCUT2D eigenvalue weighted by Crippen LogP contribution is -2.02. The molecule has 0 atom stereocenters. The van der Waals surface area contributed by atoms with Crippen LogP contribution in [0, 0.1) is 0 Å². The smallest absolute Gasteiger partial charge is 0.305 e. The molecular formula is C9H15ClO2. The van der Waals surface area contributed by atoms with Gasteiger partial charge in [0.2, 0.25) is 0 Å². The molecule has 3 heteroatoms. The van der Waals surface area contributed by atoms with Crippen molar-refractivity contribution in [2.24, 2.45) is 0 Å². The first-order chi connectivity index (χ1) is 5.81. The van der Waals surface area contributed by atoms with Gasteiger partial charge in [0.25, 0.3) is 0 Å². The van der Waals surface area contributed by atoms with Crippen LogP contribution in [0.1, 0.15) is 26.2 Å². The number of halogens is 1. The van der Waals surface area contributed by atoms with Crippen molar-refractivity contribution in [3.05, 3.63) is 12.2 Å². The number of carbonyl (C=O) groups excluding carboxylic acids is 1. The third-order valence-electron chi connectivity index (χ3n) is 1.31. The van der Waals surface area contributed by atoms with E-state index >= 15 is 0 Å². The second-order valence-corrected chi connectivity index (χ2v) is 2.63. The zero-order valence-corrected chi connectivity index (χ0v) is 8.14. The van der Waals surface area contributed by atoms with Crippen LogP contribution < -0.4 is 0 Å². The van der Waals surface area contributed by atoms with Gasteiger partial charge in [-0.3, -0.25) is 4.79 Å². The Balaban J connectivity index is 3.19. The Labute approximate surface area is 78.5 Å². The van der Waals surface area contributed by atoms with E-state index < -0.39 is 0 Å². The molecule has 0 fully saturated rings. The maximum atomic E-state index is 10.8. The van der Waals surface area contributed by atoms with Crippen molar-refractivity contribution in [1.29, 1.82) is 0 Å². The largest absolute Gasteiger partial charge is 0.466 e. The Hall–Kier alpha value is -0.500. The second-order valence-electron chi connectivity index (χ2n) is 2.32. The summed E-state index contributed by atoms with van der Waals surface area (Å²) in [6, 6.07) is 0. The molecule has 70 valence electrons. The van der Waals surface area contributed by atoms with Crippen molar-refractivity contribution in [2.75, 3.05) is 12.5 Å². The van der Waals surface area contributed by atoms with Crippen molar-refractivity contribution < 1.29 is 9.53 Å². The third-order valence-corrected chi connectivity index (χ3v) is 1.49. The number of rotatable bonds is 6. The molecule has 0 bridgehead atoms. The van der Waals surface area contributed by atoms with E-state index in [9.17, 15) is 4.79 Å². The Morgan fingerprint density at radius 1 is 1.50 bits per heavy atom. The van der Waals surface area contributed by atoms with Crippen LogP contribution in [-0.2, 0) is 9.53 Å². The highest BCUT2D eigenvalue weighted by atomic mass is 35.5. The molecule has 0 aromatic carbocycles. The van der Waals surface area contributed by atoms with Gasteiger partial charge in [-0.1, -0.05) is 12.2 Å².